The maximum Gasteiger partial charge on any atom is 0.326 e. The number of hydrogen-bond donors (Lipinski definition) is 3. The summed E-state index contributed by atoms with van der Waals surface area (Å²) in [5, 5.41) is 9.42. The van der Waals surface area contributed by atoms with Crippen LogP contribution < -0.4 is 16.0 Å². The minimum Gasteiger partial charge on any atom is -0.446 e. The van der Waals surface area contributed by atoms with E-state index < -0.39 is 24.5 Å². The standard InChI is InChI=1S/C20H21N3O5S/c24-16(11-22-19(26)15-7-4-10-29-15)21-12-17(25)28-18(13-5-2-1-3-6-13)20(27)23-14-8-9-14/h1-7,10,14,18H,8-9,11-12H2,(H,21,24)(H,22,26)(H,23,27)/t18-/m0/s1. The number of carbonyl (C=O) groups is 4. The van der Waals surface area contributed by atoms with Gasteiger partial charge in [-0.15, -0.1) is 11.3 Å². The Morgan fingerprint density at radius 3 is 2.41 bits per heavy atom. The normalized spacial score (nSPS) is 13.8. The van der Waals surface area contributed by atoms with Crippen molar-refractivity contribution >= 4 is 35.0 Å². The molecule has 1 aromatic heterocycles. The van der Waals surface area contributed by atoms with Crippen LogP contribution in [0.25, 0.3) is 0 Å². The highest BCUT2D eigenvalue weighted by Crippen LogP contribution is 2.23. The van der Waals surface area contributed by atoms with Crippen molar-refractivity contribution in [2.24, 2.45) is 0 Å². The maximum absolute atomic E-state index is 12.4. The molecule has 3 amide bonds. The Morgan fingerprint density at radius 2 is 1.76 bits per heavy atom. The van der Waals surface area contributed by atoms with Gasteiger partial charge in [0, 0.05) is 11.6 Å². The molecule has 1 aliphatic carbocycles. The van der Waals surface area contributed by atoms with E-state index in [1.165, 1.54) is 11.3 Å². The molecular formula is C20H21N3O5S. The summed E-state index contributed by atoms with van der Waals surface area (Å²) < 4.78 is 5.31. The van der Waals surface area contributed by atoms with Crippen LogP contribution in [-0.4, -0.2) is 42.8 Å². The molecule has 0 spiro atoms. The third-order valence-corrected chi connectivity index (χ3v) is 4.97. The highest BCUT2D eigenvalue weighted by atomic mass is 32.1. The second-order valence-corrected chi connectivity index (χ2v) is 7.45. The fraction of sp³-hybridized carbons (Fsp3) is 0.300. The van der Waals surface area contributed by atoms with Gasteiger partial charge in [-0.2, -0.15) is 0 Å². The summed E-state index contributed by atoms with van der Waals surface area (Å²) in [6, 6.07) is 12.2. The van der Waals surface area contributed by atoms with Crippen molar-refractivity contribution in [3.63, 3.8) is 0 Å². The molecule has 0 radical (unpaired) electrons. The summed E-state index contributed by atoms with van der Waals surface area (Å²) in [5.74, 6) is -2.03. The molecule has 0 aliphatic heterocycles. The predicted molar refractivity (Wildman–Crippen MR) is 106 cm³/mol. The molecule has 1 aliphatic rings. The lowest BCUT2D eigenvalue weighted by molar-refractivity contribution is -0.156. The second-order valence-electron chi connectivity index (χ2n) is 6.50. The molecule has 1 atom stereocenters. The third-order valence-electron chi connectivity index (χ3n) is 4.10. The Morgan fingerprint density at radius 1 is 1.00 bits per heavy atom. The van der Waals surface area contributed by atoms with E-state index in [1.54, 1.807) is 47.8 Å². The summed E-state index contributed by atoms with van der Waals surface area (Å²) in [6.07, 6.45) is 0.739. The quantitative estimate of drug-likeness (QED) is 0.532. The van der Waals surface area contributed by atoms with Crippen molar-refractivity contribution in [1.82, 2.24) is 16.0 Å². The lowest BCUT2D eigenvalue weighted by atomic mass is 10.1. The molecule has 0 saturated heterocycles. The molecule has 0 unspecified atom stereocenters. The molecule has 1 heterocycles. The number of thiophene rings is 1. The summed E-state index contributed by atoms with van der Waals surface area (Å²) in [5.41, 5.74) is 0.550. The van der Waals surface area contributed by atoms with Crippen LogP contribution in [0.15, 0.2) is 47.8 Å². The van der Waals surface area contributed by atoms with E-state index in [2.05, 4.69) is 16.0 Å². The van der Waals surface area contributed by atoms with Gasteiger partial charge in [-0.25, -0.2) is 0 Å². The zero-order chi connectivity index (χ0) is 20.6. The van der Waals surface area contributed by atoms with Crippen LogP contribution in [0.1, 0.15) is 34.2 Å². The van der Waals surface area contributed by atoms with Crippen LogP contribution in [0.5, 0.6) is 0 Å². The van der Waals surface area contributed by atoms with E-state index >= 15 is 0 Å². The molecular weight excluding hydrogens is 394 g/mol. The van der Waals surface area contributed by atoms with E-state index in [0.717, 1.165) is 12.8 Å². The minimum absolute atomic E-state index is 0.124. The number of nitrogens with one attached hydrogen (secondary N) is 3. The Bertz CT molecular complexity index is 866. The van der Waals surface area contributed by atoms with Gasteiger partial charge in [0.05, 0.1) is 11.4 Å². The van der Waals surface area contributed by atoms with Crippen molar-refractivity contribution < 1.29 is 23.9 Å². The fourth-order valence-corrected chi connectivity index (χ4v) is 3.11. The number of ether oxygens (including phenoxy) is 1. The van der Waals surface area contributed by atoms with Crippen LogP contribution >= 0.6 is 11.3 Å². The number of rotatable bonds is 9. The highest BCUT2D eigenvalue weighted by molar-refractivity contribution is 7.12. The molecule has 1 fully saturated rings. The van der Waals surface area contributed by atoms with Crippen LogP contribution in [0, 0.1) is 0 Å². The zero-order valence-electron chi connectivity index (χ0n) is 15.6. The number of esters is 1. The average molecular weight is 415 g/mol. The summed E-state index contributed by atoms with van der Waals surface area (Å²) >= 11 is 1.26. The van der Waals surface area contributed by atoms with E-state index in [4.69, 9.17) is 4.74 Å². The minimum atomic E-state index is -1.08. The first-order valence-electron chi connectivity index (χ1n) is 9.16. The summed E-state index contributed by atoms with van der Waals surface area (Å²) in [4.78, 5) is 48.7. The first-order chi connectivity index (χ1) is 14.0. The molecule has 29 heavy (non-hydrogen) atoms. The molecule has 1 aromatic carbocycles. The average Bonchev–Trinajstić information content (AvgIpc) is 3.37. The second kappa shape index (κ2) is 9.83. The smallest absolute Gasteiger partial charge is 0.326 e. The SMILES string of the molecule is O=C(CNC(=O)c1cccs1)NCC(=O)O[C@H](C(=O)NC1CC1)c1ccccc1. The van der Waals surface area contributed by atoms with E-state index in [1.807, 2.05) is 0 Å². The van der Waals surface area contributed by atoms with Gasteiger partial charge in [-0.1, -0.05) is 36.4 Å². The Hall–Kier alpha value is -3.20. The Labute approximate surface area is 171 Å². The number of amides is 3. The van der Waals surface area contributed by atoms with Crippen LogP contribution in [0.3, 0.4) is 0 Å². The van der Waals surface area contributed by atoms with Crippen molar-refractivity contribution in [3.05, 3.63) is 58.3 Å². The molecule has 9 heteroatoms. The van der Waals surface area contributed by atoms with Gasteiger partial charge in [-0.3, -0.25) is 19.2 Å². The van der Waals surface area contributed by atoms with Crippen molar-refractivity contribution in [2.45, 2.75) is 25.0 Å². The summed E-state index contributed by atoms with van der Waals surface area (Å²) in [6.45, 7) is -0.679. The number of carbonyl (C=O) groups excluding carboxylic acids is 4. The Balaban J connectivity index is 1.47. The maximum atomic E-state index is 12.4. The van der Waals surface area contributed by atoms with Crippen LogP contribution in [0.2, 0.25) is 0 Å². The first-order valence-corrected chi connectivity index (χ1v) is 10.0. The number of hydrogen-bond acceptors (Lipinski definition) is 6. The van der Waals surface area contributed by atoms with Gasteiger partial charge in [0.1, 0.15) is 6.54 Å². The molecule has 1 saturated carbocycles. The molecule has 3 rings (SSSR count). The van der Waals surface area contributed by atoms with Gasteiger partial charge in [0.2, 0.25) is 12.0 Å². The Kier molecular flexibility index (Phi) is 6.96. The molecule has 0 bridgehead atoms. The zero-order valence-corrected chi connectivity index (χ0v) is 16.4. The molecule has 2 aromatic rings. The number of benzene rings is 1. The van der Waals surface area contributed by atoms with E-state index in [9.17, 15) is 19.2 Å². The highest BCUT2D eigenvalue weighted by Gasteiger charge is 2.30. The first kappa shape index (κ1) is 20.5. The van der Waals surface area contributed by atoms with Crippen molar-refractivity contribution in [3.8, 4) is 0 Å². The van der Waals surface area contributed by atoms with Gasteiger partial charge in [0.15, 0.2) is 0 Å². The van der Waals surface area contributed by atoms with Crippen molar-refractivity contribution in [2.75, 3.05) is 13.1 Å². The fourth-order valence-electron chi connectivity index (χ4n) is 2.47. The third kappa shape index (κ3) is 6.42. The topological polar surface area (TPSA) is 114 Å². The molecule has 8 nitrogen and oxygen atoms in total. The summed E-state index contributed by atoms with van der Waals surface area (Å²) in [7, 11) is 0. The lowest BCUT2D eigenvalue weighted by Gasteiger charge is -2.18. The predicted octanol–water partition coefficient (Wildman–Crippen LogP) is 1.16. The van der Waals surface area contributed by atoms with Crippen LogP contribution in [0.4, 0.5) is 0 Å². The van der Waals surface area contributed by atoms with E-state index in [-0.39, 0.29) is 24.4 Å². The van der Waals surface area contributed by atoms with Crippen LogP contribution in [-0.2, 0) is 19.1 Å². The van der Waals surface area contributed by atoms with Gasteiger partial charge < -0.3 is 20.7 Å². The largest absolute Gasteiger partial charge is 0.446 e. The van der Waals surface area contributed by atoms with Gasteiger partial charge in [-0.05, 0) is 24.3 Å². The molecule has 152 valence electrons. The molecule has 3 N–H and O–H groups in total. The van der Waals surface area contributed by atoms with Crippen molar-refractivity contribution in [1.29, 1.82) is 0 Å². The lowest BCUT2D eigenvalue weighted by Crippen LogP contribution is -2.40. The monoisotopic (exact) mass is 415 g/mol. The van der Waals surface area contributed by atoms with Gasteiger partial charge in [0.25, 0.3) is 11.8 Å². The van der Waals surface area contributed by atoms with E-state index in [0.29, 0.717) is 10.4 Å². The van der Waals surface area contributed by atoms with Gasteiger partial charge >= 0.3 is 5.97 Å².